The lowest BCUT2D eigenvalue weighted by molar-refractivity contribution is -0.146. The van der Waals surface area contributed by atoms with Crippen molar-refractivity contribution in [3.8, 4) is 0 Å². The molecule has 136 valence electrons. The zero-order chi connectivity index (χ0) is 18.6. The number of benzene rings is 1. The zero-order valence-corrected chi connectivity index (χ0v) is 15.6. The van der Waals surface area contributed by atoms with Crippen LogP contribution < -0.4 is 5.32 Å². The maximum atomic E-state index is 12.9. The molecule has 0 radical (unpaired) electrons. The fourth-order valence-electron chi connectivity index (χ4n) is 4.42. The van der Waals surface area contributed by atoms with Gasteiger partial charge in [0.2, 0.25) is 17.7 Å². The molecular formula is C19H18Cl2N2O3. The number of halogens is 2. The number of hydrogen-bond donors (Lipinski definition) is 1. The normalized spacial score (nSPS) is 30.5. The number of allylic oxidation sites excluding steroid dienone is 2. The largest absolute Gasteiger partial charge is 0.323 e. The van der Waals surface area contributed by atoms with Gasteiger partial charge in [0.1, 0.15) is 6.04 Å². The summed E-state index contributed by atoms with van der Waals surface area (Å²) in [5.41, 5.74) is 0.395. The number of carbonyl (C=O) groups excluding carboxylic acids is 3. The SMILES string of the molecule is C[C@H](C(=O)Nc1ccc(Cl)cc1Cl)N1C(=O)[C@@H]2[C@@H](C1=O)[C@H]1C=C[C@H]2CC1. The molecule has 1 N–H and O–H groups in total. The van der Waals surface area contributed by atoms with Crippen LogP contribution in [-0.2, 0) is 14.4 Å². The number of hydrogen-bond acceptors (Lipinski definition) is 3. The van der Waals surface area contributed by atoms with Crippen molar-refractivity contribution in [3.63, 3.8) is 0 Å². The summed E-state index contributed by atoms with van der Waals surface area (Å²) in [5.74, 6) is -1.34. The summed E-state index contributed by atoms with van der Waals surface area (Å²) in [6, 6.07) is 3.82. The van der Waals surface area contributed by atoms with E-state index in [1.807, 2.05) is 0 Å². The summed E-state index contributed by atoms with van der Waals surface area (Å²) in [7, 11) is 0. The summed E-state index contributed by atoms with van der Waals surface area (Å²) >= 11 is 11.9. The quantitative estimate of drug-likeness (QED) is 0.631. The number of fused-ring (bicyclic) bond motifs is 1. The average molecular weight is 393 g/mol. The van der Waals surface area contributed by atoms with Crippen LogP contribution in [0.2, 0.25) is 10.0 Å². The van der Waals surface area contributed by atoms with Gasteiger partial charge in [0.05, 0.1) is 22.5 Å². The second kappa shape index (κ2) is 6.39. The summed E-state index contributed by atoms with van der Waals surface area (Å²) in [6.45, 7) is 1.57. The van der Waals surface area contributed by atoms with Gasteiger partial charge in [0.15, 0.2) is 0 Å². The molecule has 5 atom stereocenters. The molecule has 26 heavy (non-hydrogen) atoms. The summed E-state index contributed by atoms with van der Waals surface area (Å²) in [6.07, 6.45) is 5.97. The summed E-state index contributed by atoms with van der Waals surface area (Å²) < 4.78 is 0. The Labute approximate surface area is 161 Å². The van der Waals surface area contributed by atoms with Gasteiger partial charge in [-0.3, -0.25) is 19.3 Å². The van der Waals surface area contributed by atoms with E-state index >= 15 is 0 Å². The minimum absolute atomic E-state index is 0.104. The van der Waals surface area contributed by atoms with E-state index in [0.717, 1.165) is 17.7 Å². The molecule has 3 aliphatic carbocycles. The molecule has 1 aliphatic heterocycles. The number of likely N-dealkylation sites (tertiary alicyclic amines) is 1. The van der Waals surface area contributed by atoms with Gasteiger partial charge in [0, 0.05) is 5.02 Å². The van der Waals surface area contributed by atoms with Crippen LogP contribution in [0.4, 0.5) is 5.69 Å². The van der Waals surface area contributed by atoms with Crippen molar-refractivity contribution in [1.29, 1.82) is 0 Å². The van der Waals surface area contributed by atoms with E-state index in [1.165, 1.54) is 6.07 Å². The maximum absolute atomic E-state index is 12.9. The molecule has 3 amide bonds. The molecule has 2 bridgehead atoms. The maximum Gasteiger partial charge on any atom is 0.247 e. The van der Waals surface area contributed by atoms with E-state index in [2.05, 4.69) is 17.5 Å². The van der Waals surface area contributed by atoms with Crippen LogP contribution in [0.3, 0.4) is 0 Å². The topological polar surface area (TPSA) is 66.5 Å². The first-order valence-electron chi connectivity index (χ1n) is 8.69. The predicted molar refractivity (Wildman–Crippen MR) is 98.7 cm³/mol. The fraction of sp³-hybridized carbons (Fsp3) is 0.421. The Kier molecular flexibility index (Phi) is 4.32. The molecule has 4 aliphatic rings. The van der Waals surface area contributed by atoms with Crippen LogP contribution in [0.15, 0.2) is 30.4 Å². The van der Waals surface area contributed by atoms with Gasteiger partial charge in [-0.05, 0) is 49.8 Å². The van der Waals surface area contributed by atoms with Crippen molar-refractivity contribution in [1.82, 2.24) is 4.90 Å². The first-order valence-corrected chi connectivity index (χ1v) is 9.45. The minimum atomic E-state index is -0.897. The molecule has 5 nitrogen and oxygen atoms in total. The van der Waals surface area contributed by atoms with E-state index in [0.29, 0.717) is 15.7 Å². The van der Waals surface area contributed by atoms with Gasteiger partial charge in [-0.2, -0.15) is 0 Å². The van der Waals surface area contributed by atoms with E-state index in [9.17, 15) is 14.4 Å². The standard InChI is InChI=1S/C19H18Cl2N2O3/c1-9(17(24)22-14-7-6-12(20)8-13(14)21)23-18(25)15-10-2-3-11(5-4-10)16(15)19(23)26/h2-3,6-11,15-16H,4-5H2,1H3,(H,22,24)/t9-,10+,11+,15+,16+/m1/s1. The van der Waals surface area contributed by atoms with Crippen molar-refractivity contribution < 1.29 is 14.4 Å². The second-order valence-electron chi connectivity index (χ2n) is 7.18. The average Bonchev–Trinajstić information content (AvgIpc) is 2.91. The highest BCUT2D eigenvalue weighted by atomic mass is 35.5. The molecule has 1 aromatic rings. The van der Waals surface area contributed by atoms with Crippen LogP contribution in [0, 0.1) is 23.7 Å². The van der Waals surface area contributed by atoms with E-state index in [-0.39, 0.29) is 35.5 Å². The van der Waals surface area contributed by atoms with Crippen molar-refractivity contribution in [2.45, 2.75) is 25.8 Å². The molecule has 7 heteroatoms. The third-order valence-electron chi connectivity index (χ3n) is 5.75. The van der Waals surface area contributed by atoms with Gasteiger partial charge in [-0.1, -0.05) is 35.4 Å². The zero-order valence-electron chi connectivity index (χ0n) is 14.1. The fourth-order valence-corrected chi connectivity index (χ4v) is 4.88. The van der Waals surface area contributed by atoms with Gasteiger partial charge >= 0.3 is 0 Å². The highest BCUT2D eigenvalue weighted by Gasteiger charge is 2.58. The molecule has 1 saturated heterocycles. The third-order valence-corrected chi connectivity index (χ3v) is 6.30. The molecule has 1 saturated carbocycles. The lowest BCUT2D eigenvalue weighted by atomic mass is 9.63. The Morgan fingerprint density at radius 2 is 1.69 bits per heavy atom. The van der Waals surface area contributed by atoms with Gasteiger partial charge in [0.25, 0.3) is 0 Å². The Morgan fingerprint density at radius 3 is 2.19 bits per heavy atom. The molecule has 1 aromatic carbocycles. The lowest BCUT2D eigenvalue weighted by Crippen LogP contribution is -2.46. The van der Waals surface area contributed by atoms with E-state index in [4.69, 9.17) is 23.2 Å². The van der Waals surface area contributed by atoms with Crippen molar-refractivity contribution in [2.24, 2.45) is 23.7 Å². The van der Waals surface area contributed by atoms with Crippen LogP contribution in [0.5, 0.6) is 0 Å². The third kappa shape index (κ3) is 2.65. The summed E-state index contributed by atoms with van der Waals surface area (Å²) in [4.78, 5) is 39.6. The lowest BCUT2D eigenvalue weighted by Gasteiger charge is -2.38. The van der Waals surface area contributed by atoms with Crippen LogP contribution >= 0.6 is 23.2 Å². The van der Waals surface area contributed by atoms with Gasteiger partial charge < -0.3 is 5.32 Å². The van der Waals surface area contributed by atoms with Crippen LogP contribution in [0.25, 0.3) is 0 Å². The number of rotatable bonds is 3. The first kappa shape index (κ1) is 17.6. The molecule has 5 rings (SSSR count). The monoisotopic (exact) mass is 392 g/mol. The highest BCUT2D eigenvalue weighted by molar-refractivity contribution is 6.36. The minimum Gasteiger partial charge on any atom is -0.323 e. The number of nitrogens with zero attached hydrogens (tertiary/aromatic N) is 1. The Hall–Kier alpha value is -1.85. The second-order valence-corrected chi connectivity index (χ2v) is 8.02. The number of nitrogens with one attached hydrogen (secondary N) is 1. The van der Waals surface area contributed by atoms with Crippen LogP contribution in [-0.4, -0.2) is 28.7 Å². The number of carbonyl (C=O) groups is 3. The van der Waals surface area contributed by atoms with E-state index in [1.54, 1.807) is 19.1 Å². The molecule has 0 spiro atoms. The van der Waals surface area contributed by atoms with Gasteiger partial charge in [-0.15, -0.1) is 0 Å². The first-order chi connectivity index (χ1) is 12.4. The highest BCUT2D eigenvalue weighted by Crippen LogP contribution is 2.50. The molecule has 0 unspecified atom stereocenters. The number of imide groups is 1. The molecular weight excluding hydrogens is 375 g/mol. The Balaban J connectivity index is 1.54. The Morgan fingerprint density at radius 1 is 1.12 bits per heavy atom. The van der Waals surface area contributed by atoms with Gasteiger partial charge in [-0.25, -0.2) is 0 Å². The molecule has 0 aromatic heterocycles. The predicted octanol–water partition coefficient (Wildman–Crippen LogP) is 3.52. The smallest absolute Gasteiger partial charge is 0.247 e. The molecule has 1 heterocycles. The Bertz CT molecular complexity index is 806. The number of anilines is 1. The number of amides is 3. The van der Waals surface area contributed by atoms with Crippen molar-refractivity contribution in [2.75, 3.05) is 5.32 Å². The van der Waals surface area contributed by atoms with E-state index < -0.39 is 11.9 Å². The molecule has 2 fully saturated rings. The van der Waals surface area contributed by atoms with Crippen LogP contribution in [0.1, 0.15) is 19.8 Å². The van der Waals surface area contributed by atoms with Crippen molar-refractivity contribution in [3.05, 3.63) is 40.4 Å². The van der Waals surface area contributed by atoms with Crippen molar-refractivity contribution >= 4 is 46.6 Å². The summed E-state index contributed by atoms with van der Waals surface area (Å²) in [5, 5.41) is 3.44.